The SMILES string of the molecule is CC(C)(OP(=O)(O)OP(=O)(O)OP(=O)(O)O)[C@H]1O[C@@H](n2nc(F)c(=O)[nH]c2=O)C(C)(F)C1O. The van der Waals surface area contributed by atoms with Gasteiger partial charge in [0.15, 0.2) is 11.9 Å². The molecule has 1 aromatic rings. The van der Waals surface area contributed by atoms with Gasteiger partial charge in [0.05, 0.1) is 0 Å². The molecule has 1 aromatic heterocycles. The molecule has 1 saturated heterocycles. The molecule has 6 atom stereocenters. The molecule has 2 rings (SSSR count). The Balaban J connectivity index is 2.34. The van der Waals surface area contributed by atoms with Crippen molar-refractivity contribution in [1.29, 1.82) is 0 Å². The van der Waals surface area contributed by atoms with Crippen molar-refractivity contribution in [3.8, 4) is 0 Å². The molecule has 6 N–H and O–H groups in total. The molecule has 1 aliphatic heterocycles. The fourth-order valence-electron chi connectivity index (χ4n) is 2.83. The average molecular weight is 547 g/mol. The molecule has 0 amide bonds. The van der Waals surface area contributed by atoms with Crippen LogP contribution in [0.1, 0.15) is 27.0 Å². The monoisotopic (exact) mass is 547 g/mol. The summed E-state index contributed by atoms with van der Waals surface area (Å²) in [7, 11) is -17.3. The lowest BCUT2D eigenvalue weighted by molar-refractivity contribution is -0.123. The molecule has 33 heavy (non-hydrogen) atoms. The van der Waals surface area contributed by atoms with Crippen LogP contribution in [0.25, 0.3) is 0 Å². The van der Waals surface area contributed by atoms with Gasteiger partial charge in [0.2, 0.25) is 0 Å². The first-order chi connectivity index (χ1) is 14.6. The third-order valence-electron chi connectivity index (χ3n) is 4.11. The highest BCUT2D eigenvalue weighted by Gasteiger charge is 2.61. The Hall–Kier alpha value is -1.20. The highest BCUT2D eigenvalue weighted by atomic mass is 31.3. The van der Waals surface area contributed by atoms with Crippen molar-refractivity contribution >= 4 is 23.5 Å². The van der Waals surface area contributed by atoms with E-state index >= 15 is 4.39 Å². The van der Waals surface area contributed by atoms with Crippen LogP contribution >= 0.6 is 23.5 Å². The topological polar surface area (TPSA) is 257 Å². The van der Waals surface area contributed by atoms with Gasteiger partial charge in [0, 0.05) is 0 Å². The molecule has 0 bridgehead atoms. The summed E-state index contributed by atoms with van der Waals surface area (Å²) < 4.78 is 79.9. The van der Waals surface area contributed by atoms with Crippen LogP contribution in [0.4, 0.5) is 8.78 Å². The predicted molar refractivity (Wildman–Crippen MR) is 97.5 cm³/mol. The van der Waals surface area contributed by atoms with Gasteiger partial charge in [-0.25, -0.2) is 22.9 Å². The highest BCUT2D eigenvalue weighted by molar-refractivity contribution is 7.66. The third-order valence-corrected chi connectivity index (χ3v) is 8.14. The summed E-state index contributed by atoms with van der Waals surface area (Å²) in [4.78, 5) is 60.5. The van der Waals surface area contributed by atoms with E-state index in [0.29, 0.717) is 6.92 Å². The van der Waals surface area contributed by atoms with E-state index < -0.39 is 70.4 Å². The van der Waals surface area contributed by atoms with Crippen molar-refractivity contribution in [3.63, 3.8) is 0 Å². The number of hydrogen-bond donors (Lipinski definition) is 6. The summed E-state index contributed by atoms with van der Waals surface area (Å²) in [5.74, 6) is -1.75. The fourth-order valence-corrected chi connectivity index (χ4v) is 6.16. The van der Waals surface area contributed by atoms with Crippen LogP contribution in [-0.4, -0.2) is 62.9 Å². The van der Waals surface area contributed by atoms with Gasteiger partial charge in [-0.3, -0.25) is 14.3 Å². The summed E-state index contributed by atoms with van der Waals surface area (Å²) in [5, 5.41) is 13.3. The van der Waals surface area contributed by atoms with Crippen molar-refractivity contribution in [2.45, 2.75) is 50.5 Å². The van der Waals surface area contributed by atoms with Gasteiger partial charge in [-0.05, 0) is 20.8 Å². The molecule has 0 aliphatic carbocycles. The number of aliphatic hydroxyl groups is 1. The minimum Gasteiger partial charge on any atom is -0.387 e. The smallest absolute Gasteiger partial charge is 0.387 e. The molecule has 17 nitrogen and oxygen atoms in total. The van der Waals surface area contributed by atoms with Crippen LogP contribution in [0.2, 0.25) is 0 Å². The summed E-state index contributed by atoms with van der Waals surface area (Å²) in [6.45, 7) is 2.46. The number of H-pyrrole nitrogens is 1. The molecule has 1 aliphatic rings. The number of aromatic nitrogens is 3. The Morgan fingerprint density at radius 2 is 1.70 bits per heavy atom. The van der Waals surface area contributed by atoms with E-state index in [4.69, 9.17) is 14.5 Å². The standard InChI is InChI=1S/C11H18F2N3O14P3/c1-10(2,28-32(23,24)30-33(25,26)29-31(20,21)22)5-4(17)11(3,13)8(27-5)16-9(19)14-7(18)6(12)15-16/h4-5,8,17H,1-3H3,(H,23,24)(H,25,26)(H,14,18,19)(H2,20,21,22)/t4?,5-,8+,11?/m0/s1. The van der Waals surface area contributed by atoms with Crippen LogP contribution in [0.15, 0.2) is 9.59 Å². The molecular weight excluding hydrogens is 529 g/mol. The Morgan fingerprint density at radius 1 is 1.15 bits per heavy atom. The van der Waals surface area contributed by atoms with Gasteiger partial charge in [-0.2, -0.15) is 17.7 Å². The average Bonchev–Trinajstić information content (AvgIpc) is 2.77. The number of ether oxygens (including phenoxy) is 1. The minimum atomic E-state index is -5.88. The number of nitrogens with one attached hydrogen (secondary N) is 1. The molecule has 1 fully saturated rings. The lowest BCUT2D eigenvalue weighted by atomic mass is 9.90. The summed E-state index contributed by atoms with van der Waals surface area (Å²) in [6, 6.07) is 0. The summed E-state index contributed by atoms with van der Waals surface area (Å²) in [5.41, 5.74) is -8.23. The second kappa shape index (κ2) is 8.78. The Labute approximate surface area is 181 Å². The van der Waals surface area contributed by atoms with Crippen molar-refractivity contribution in [2.75, 3.05) is 0 Å². The number of nitrogens with zero attached hydrogens (tertiary/aromatic N) is 2. The first-order valence-electron chi connectivity index (χ1n) is 8.34. The number of phosphoric ester groups is 1. The van der Waals surface area contributed by atoms with Gasteiger partial charge >= 0.3 is 34.7 Å². The van der Waals surface area contributed by atoms with Crippen LogP contribution in [-0.2, 0) is 31.6 Å². The Morgan fingerprint density at radius 3 is 2.21 bits per heavy atom. The molecular formula is C11H18F2N3O14P3. The van der Waals surface area contributed by atoms with Gasteiger partial charge in [-0.15, -0.1) is 5.10 Å². The summed E-state index contributed by atoms with van der Waals surface area (Å²) in [6.07, 6.45) is -6.47. The van der Waals surface area contributed by atoms with E-state index in [1.807, 2.05) is 0 Å². The molecule has 2 heterocycles. The van der Waals surface area contributed by atoms with Gasteiger partial charge in [-0.1, -0.05) is 0 Å². The zero-order valence-electron chi connectivity index (χ0n) is 16.6. The second-order valence-electron chi connectivity index (χ2n) is 7.29. The van der Waals surface area contributed by atoms with Crippen LogP contribution in [0.3, 0.4) is 0 Å². The van der Waals surface area contributed by atoms with Crippen molar-refractivity contribution in [1.82, 2.24) is 14.8 Å². The first kappa shape index (κ1) is 28.0. The van der Waals surface area contributed by atoms with E-state index in [-0.39, 0.29) is 4.68 Å². The summed E-state index contributed by atoms with van der Waals surface area (Å²) >= 11 is 0. The molecule has 0 aromatic carbocycles. The van der Waals surface area contributed by atoms with Crippen molar-refractivity contribution in [3.05, 3.63) is 26.8 Å². The fraction of sp³-hybridized carbons (Fsp3) is 0.727. The van der Waals surface area contributed by atoms with E-state index in [0.717, 1.165) is 13.8 Å². The first-order valence-corrected chi connectivity index (χ1v) is 12.9. The Bertz CT molecular complexity index is 1180. The number of aromatic amines is 1. The number of phosphoric acid groups is 3. The van der Waals surface area contributed by atoms with E-state index in [9.17, 15) is 42.6 Å². The number of halogens is 2. The van der Waals surface area contributed by atoms with E-state index in [1.165, 1.54) is 4.98 Å². The quantitative estimate of drug-likeness (QED) is 0.217. The Kier molecular flexibility index (Phi) is 7.46. The maximum atomic E-state index is 15.2. The van der Waals surface area contributed by atoms with Crippen LogP contribution < -0.4 is 11.2 Å². The van der Waals surface area contributed by atoms with Crippen molar-refractivity contribution < 1.29 is 65.0 Å². The molecule has 0 saturated carbocycles. The van der Waals surface area contributed by atoms with E-state index in [2.05, 4.69) is 18.2 Å². The minimum absolute atomic E-state index is 0.0147. The molecule has 22 heteroatoms. The normalized spacial score (nSPS) is 30.1. The predicted octanol–water partition coefficient (Wildman–Crippen LogP) is -0.821. The van der Waals surface area contributed by atoms with E-state index in [1.54, 1.807) is 0 Å². The number of hydrogen-bond acceptors (Lipinski definition) is 11. The maximum Gasteiger partial charge on any atom is 0.490 e. The highest BCUT2D eigenvalue weighted by Crippen LogP contribution is 2.67. The third kappa shape index (κ3) is 6.48. The van der Waals surface area contributed by atoms with Crippen LogP contribution in [0, 0.1) is 5.95 Å². The molecule has 190 valence electrons. The van der Waals surface area contributed by atoms with Gasteiger partial charge < -0.3 is 29.4 Å². The number of aliphatic hydroxyl groups excluding tert-OH is 1. The number of alkyl halides is 1. The largest absolute Gasteiger partial charge is 0.490 e. The lowest BCUT2D eigenvalue weighted by Crippen LogP contribution is -2.49. The maximum absolute atomic E-state index is 15.2. The van der Waals surface area contributed by atoms with Gasteiger partial charge in [0.1, 0.15) is 17.8 Å². The second-order valence-corrected chi connectivity index (χ2v) is 11.6. The molecule has 0 radical (unpaired) electrons. The molecule has 4 unspecified atom stereocenters. The number of rotatable bonds is 8. The zero-order valence-corrected chi connectivity index (χ0v) is 19.3. The molecule has 0 spiro atoms. The van der Waals surface area contributed by atoms with Crippen LogP contribution in [0.5, 0.6) is 0 Å². The zero-order chi connectivity index (χ0) is 25.8. The van der Waals surface area contributed by atoms with Crippen molar-refractivity contribution in [2.24, 2.45) is 0 Å². The van der Waals surface area contributed by atoms with Gasteiger partial charge in [0.25, 0.3) is 5.95 Å². The lowest BCUT2D eigenvalue weighted by Gasteiger charge is -2.34.